The fourth-order valence-electron chi connectivity index (χ4n) is 3.30. The number of aryl methyl sites for hydroxylation is 2. The highest BCUT2D eigenvalue weighted by Crippen LogP contribution is 2.33. The van der Waals surface area contributed by atoms with E-state index >= 15 is 0 Å². The predicted octanol–water partition coefficient (Wildman–Crippen LogP) is 1.63. The fraction of sp³-hybridized carbons (Fsp3) is 0.600. The minimum absolute atomic E-state index is 0.229. The molecule has 0 aromatic carbocycles. The number of aromatic nitrogens is 2. The first-order valence-electron chi connectivity index (χ1n) is 7.65. The molecule has 1 saturated carbocycles. The van der Waals surface area contributed by atoms with Crippen molar-refractivity contribution in [2.75, 3.05) is 0 Å². The molecule has 118 valence electrons. The number of hydrogen-bond acceptors (Lipinski definition) is 4. The third kappa shape index (κ3) is 2.20. The molecule has 22 heavy (non-hydrogen) atoms. The molecule has 2 heterocycles. The van der Waals surface area contributed by atoms with Gasteiger partial charge in [0.1, 0.15) is 5.54 Å². The topological polar surface area (TPSA) is 79.6 Å². The van der Waals surface area contributed by atoms with E-state index in [1.165, 1.54) is 0 Å². The van der Waals surface area contributed by atoms with Gasteiger partial charge in [-0.2, -0.15) is 10.2 Å². The molecule has 3 rings (SSSR count). The zero-order valence-corrected chi connectivity index (χ0v) is 13.2. The molecule has 1 aromatic rings. The van der Waals surface area contributed by atoms with Crippen molar-refractivity contribution in [1.29, 1.82) is 0 Å². The lowest BCUT2D eigenvalue weighted by atomic mass is 9.82. The Labute approximate surface area is 129 Å². The Morgan fingerprint density at radius 3 is 2.50 bits per heavy atom. The molecule has 3 amide bonds. The van der Waals surface area contributed by atoms with Crippen LogP contribution in [0.5, 0.6) is 0 Å². The second-order valence-corrected chi connectivity index (χ2v) is 6.14. The number of carbonyl (C=O) groups is 2. The summed E-state index contributed by atoms with van der Waals surface area (Å²) in [6, 6.07) is -0.428. The molecule has 7 heteroatoms. The molecule has 1 aliphatic heterocycles. The molecule has 1 N–H and O–H groups in total. The van der Waals surface area contributed by atoms with Crippen LogP contribution in [0, 0.1) is 13.8 Å². The predicted molar refractivity (Wildman–Crippen MR) is 81.5 cm³/mol. The first-order valence-corrected chi connectivity index (χ1v) is 7.65. The molecule has 1 spiro atoms. The highest BCUT2D eigenvalue weighted by Gasteiger charge is 2.51. The van der Waals surface area contributed by atoms with Crippen LogP contribution in [0.4, 0.5) is 4.79 Å². The molecule has 1 saturated heterocycles. The van der Waals surface area contributed by atoms with E-state index in [0.29, 0.717) is 12.8 Å². The number of urea groups is 1. The molecule has 0 bridgehead atoms. The van der Waals surface area contributed by atoms with Crippen LogP contribution in [0.25, 0.3) is 0 Å². The van der Waals surface area contributed by atoms with Crippen LogP contribution in [0.15, 0.2) is 5.10 Å². The third-order valence-electron chi connectivity index (χ3n) is 4.71. The van der Waals surface area contributed by atoms with Crippen molar-refractivity contribution in [3.63, 3.8) is 0 Å². The summed E-state index contributed by atoms with van der Waals surface area (Å²) in [4.78, 5) is 24.7. The van der Waals surface area contributed by atoms with Gasteiger partial charge >= 0.3 is 6.03 Å². The second-order valence-electron chi connectivity index (χ2n) is 6.14. The van der Waals surface area contributed by atoms with Crippen molar-refractivity contribution in [3.8, 4) is 0 Å². The Bertz CT molecular complexity index is 655. The second kappa shape index (κ2) is 5.23. The zero-order valence-electron chi connectivity index (χ0n) is 13.2. The van der Waals surface area contributed by atoms with Gasteiger partial charge in [0.25, 0.3) is 5.91 Å². The molecule has 0 unspecified atom stereocenters. The van der Waals surface area contributed by atoms with E-state index < -0.39 is 11.6 Å². The van der Waals surface area contributed by atoms with E-state index in [1.54, 1.807) is 10.9 Å². The zero-order chi connectivity index (χ0) is 15.9. The summed E-state index contributed by atoms with van der Waals surface area (Å²) in [5.41, 5.74) is 1.88. The van der Waals surface area contributed by atoms with Gasteiger partial charge in [-0.1, -0.05) is 19.3 Å². The molecule has 1 aromatic heterocycles. The van der Waals surface area contributed by atoms with E-state index in [9.17, 15) is 9.59 Å². The number of hydrazone groups is 1. The number of hydrogen-bond donors (Lipinski definition) is 1. The maximum atomic E-state index is 12.6. The van der Waals surface area contributed by atoms with Crippen LogP contribution >= 0.6 is 0 Å². The molecular formula is C15H21N5O2. The first-order chi connectivity index (χ1) is 10.4. The summed E-state index contributed by atoms with van der Waals surface area (Å²) >= 11 is 0. The number of rotatable bonds is 2. The van der Waals surface area contributed by atoms with E-state index in [1.807, 2.05) is 20.9 Å². The minimum atomic E-state index is -0.730. The molecule has 1 aliphatic carbocycles. The van der Waals surface area contributed by atoms with Crippen LogP contribution in [0.1, 0.15) is 49.1 Å². The Morgan fingerprint density at radius 1 is 1.23 bits per heavy atom. The standard InChI is InChI=1S/C15H21N5O2/c1-10-12(11(2)19(3)18-10)9-16-20-13(21)15(17-14(20)22)7-5-4-6-8-15/h9H,4-8H2,1-3H3,(H,17,22)/b16-9-. The number of nitrogens with zero attached hydrogens (tertiary/aromatic N) is 4. The van der Waals surface area contributed by atoms with Crippen molar-refractivity contribution in [2.45, 2.75) is 51.5 Å². The Morgan fingerprint density at radius 2 is 1.91 bits per heavy atom. The normalized spacial score (nSPS) is 21.1. The number of nitrogens with one attached hydrogen (secondary N) is 1. The van der Waals surface area contributed by atoms with Crippen LogP contribution in [-0.4, -0.2) is 38.5 Å². The Kier molecular flexibility index (Phi) is 3.50. The molecule has 0 radical (unpaired) electrons. The van der Waals surface area contributed by atoms with E-state index in [2.05, 4.69) is 15.5 Å². The molecular weight excluding hydrogens is 282 g/mol. The van der Waals surface area contributed by atoms with E-state index in [0.717, 1.165) is 41.2 Å². The summed E-state index contributed by atoms with van der Waals surface area (Å²) in [6.07, 6.45) is 6.00. The lowest BCUT2D eigenvalue weighted by molar-refractivity contribution is -0.132. The molecule has 0 atom stereocenters. The van der Waals surface area contributed by atoms with Gasteiger partial charge in [-0.25, -0.2) is 4.79 Å². The van der Waals surface area contributed by atoms with Crippen molar-refractivity contribution >= 4 is 18.2 Å². The lowest BCUT2D eigenvalue weighted by Gasteiger charge is -2.29. The van der Waals surface area contributed by atoms with Crippen molar-refractivity contribution in [2.24, 2.45) is 12.1 Å². The number of amides is 3. The summed E-state index contributed by atoms with van der Waals surface area (Å²) in [5.74, 6) is -0.229. The Hall–Kier alpha value is -2.18. The minimum Gasteiger partial charge on any atom is -0.321 e. The molecule has 2 aliphatic rings. The number of carbonyl (C=O) groups excluding carboxylic acids is 2. The Balaban J connectivity index is 1.84. The first kappa shape index (κ1) is 14.7. The third-order valence-corrected chi connectivity index (χ3v) is 4.71. The maximum absolute atomic E-state index is 12.6. The van der Waals surface area contributed by atoms with Gasteiger partial charge in [0.05, 0.1) is 11.9 Å². The van der Waals surface area contributed by atoms with Gasteiger partial charge in [-0.05, 0) is 26.7 Å². The summed E-state index contributed by atoms with van der Waals surface area (Å²) < 4.78 is 1.76. The lowest BCUT2D eigenvalue weighted by Crippen LogP contribution is -2.48. The average Bonchev–Trinajstić information content (AvgIpc) is 2.85. The monoisotopic (exact) mass is 303 g/mol. The highest BCUT2D eigenvalue weighted by molar-refractivity contribution is 6.07. The average molecular weight is 303 g/mol. The maximum Gasteiger partial charge on any atom is 0.346 e. The molecule has 7 nitrogen and oxygen atoms in total. The highest BCUT2D eigenvalue weighted by atomic mass is 16.2. The van der Waals surface area contributed by atoms with E-state index in [-0.39, 0.29) is 5.91 Å². The van der Waals surface area contributed by atoms with Gasteiger partial charge in [-0.3, -0.25) is 9.48 Å². The van der Waals surface area contributed by atoms with Gasteiger partial charge in [0.15, 0.2) is 0 Å². The smallest absolute Gasteiger partial charge is 0.321 e. The van der Waals surface area contributed by atoms with Gasteiger partial charge in [0.2, 0.25) is 0 Å². The van der Waals surface area contributed by atoms with Crippen molar-refractivity contribution < 1.29 is 9.59 Å². The van der Waals surface area contributed by atoms with Gasteiger partial charge < -0.3 is 5.32 Å². The number of imide groups is 1. The van der Waals surface area contributed by atoms with Crippen LogP contribution in [-0.2, 0) is 11.8 Å². The van der Waals surface area contributed by atoms with Gasteiger partial charge in [0, 0.05) is 18.3 Å². The molecule has 2 fully saturated rings. The van der Waals surface area contributed by atoms with Crippen LogP contribution in [0.2, 0.25) is 0 Å². The van der Waals surface area contributed by atoms with E-state index in [4.69, 9.17) is 0 Å². The quantitative estimate of drug-likeness (QED) is 0.666. The van der Waals surface area contributed by atoms with Crippen molar-refractivity contribution in [1.82, 2.24) is 20.1 Å². The summed E-state index contributed by atoms with van der Waals surface area (Å²) in [6.45, 7) is 3.80. The van der Waals surface area contributed by atoms with Crippen LogP contribution in [0.3, 0.4) is 0 Å². The fourth-order valence-corrected chi connectivity index (χ4v) is 3.30. The largest absolute Gasteiger partial charge is 0.346 e. The van der Waals surface area contributed by atoms with Gasteiger partial charge in [-0.15, -0.1) is 5.01 Å². The van der Waals surface area contributed by atoms with Crippen molar-refractivity contribution in [3.05, 3.63) is 17.0 Å². The summed E-state index contributed by atoms with van der Waals surface area (Å²) in [5, 5.41) is 12.2. The summed E-state index contributed by atoms with van der Waals surface area (Å²) in [7, 11) is 1.85. The SMILES string of the molecule is Cc1nn(C)c(C)c1/C=N\N1C(=O)NC2(CCCCC2)C1=O. The van der Waals surface area contributed by atoms with Crippen LogP contribution < -0.4 is 5.32 Å².